The maximum atomic E-state index is 13.0. The summed E-state index contributed by atoms with van der Waals surface area (Å²) in [5.41, 5.74) is 3.26. The molecule has 1 aliphatic heterocycles. The number of thioether (sulfide) groups is 1. The molecule has 154 valence electrons. The molecule has 1 aromatic heterocycles. The van der Waals surface area contributed by atoms with Gasteiger partial charge in [-0.2, -0.15) is 0 Å². The van der Waals surface area contributed by atoms with Crippen LogP contribution in [0.1, 0.15) is 27.3 Å². The Morgan fingerprint density at radius 1 is 1.21 bits per heavy atom. The second-order valence-electron chi connectivity index (χ2n) is 6.93. The SMILES string of the molecule is Cc1cc(C(=O)COC(=O)CN2CCSC2=O)c(C)n1CCc1ccc(F)cc1. The maximum Gasteiger partial charge on any atom is 0.326 e. The van der Waals surface area contributed by atoms with E-state index >= 15 is 0 Å². The standard InChI is InChI=1S/C21H23FN2O4S/c1-14-11-18(15(2)24(14)8-7-16-3-5-17(22)6-4-16)19(25)13-28-20(26)12-23-9-10-29-21(23)27/h3-6,11H,7-10,12-13H2,1-2H3. The first-order chi connectivity index (χ1) is 13.8. The molecule has 1 aliphatic rings. The van der Waals surface area contributed by atoms with Crippen LogP contribution in [-0.2, 0) is 22.5 Å². The Morgan fingerprint density at radius 3 is 2.59 bits per heavy atom. The van der Waals surface area contributed by atoms with Crippen molar-refractivity contribution in [2.24, 2.45) is 0 Å². The number of aromatic nitrogens is 1. The topological polar surface area (TPSA) is 68.6 Å². The number of halogens is 1. The summed E-state index contributed by atoms with van der Waals surface area (Å²) in [5, 5.41) is -0.141. The Bertz CT molecular complexity index is 924. The van der Waals surface area contributed by atoms with Gasteiger partial charge in [-0.25, -0.2) is 4.39 Å². The zero-order chi connectivity index (χ0) is 21.0. The van der Waals surface area contributed by atoms with E-state index in [-0.39, 0.29) is 30.0 Å². The summed E-state index contributed by atoms with van der Waals surface area (Å²) in [6.45, 7) is 4.46. The Balaban J connectivity index is 1.56. The van der Waals surface area contributed by atoms with Crippen molar-refractivity contribution in [1.82, 2.24) is 9.47 Å². The molecule has 0 radical (unpaired) electrons. The lowest BCUT2D eigenvalue weighted by Gasteiger charge is -2.13. The molecule has 0 aliphatic carbocycles. The van der Waals surface area contributed by atoms with Crippen LogP contribution in [-0.4, -0.2) is 51.9 Å². The monoisotopic (exact) mass is 418 g/mol. The predicted molar refractivity (Wildman–Crippen MR) is 109 cm³/mol. The minimum absolute atomic E-state index is 0.129. The second-order valence-corrected chi connectivity index (χ2v) is 7.98. The number of esters is 1. The van der Waals surface area contributed by atoms with Crippen molar-refractivity contribution in [2.45, 2.75) is 26.8 Å². The van der Waals surface area contributed by atoms with Gasteiger partial charge in [0.2, 0.25) is 5.78 Å². The maximum absolute atomic E-state index is 13.0. The highest BCUT2D eigenvalue weighted by Crippen LogP contribution is 2.18. The van der Waals surface area contributed by atoms with Gasteiger partial charge in [-0.05, 0) is 44.0 Å². The van der Waals surface area contributed by atoms with Crippen molar-refractivity contribution in [2.75, 3.05) is 25.4 Å². The van der Waals surface area contributed by atoms with Gasteiger partial charge in [-0.3, -0.25) is 14.4 Å². The number of aryl methyl sites for hydroxylation is 2. The van der Waals surface area contributed by atoms with Crippen LogP contribution in [0.2, 0.25) is 0 Å². The number of carbonyl (C=O) groups excluding carboxylic acids is 3. The number of carbonyl (C=O) groups is 3. The van der Waals surface area contributed by atoms with Crippen LogP contribution in [0.5, 0.6) is 0 Å². The average molecular weight is 418 g/mol. The normalized spacial score (nSPS) is 13.8. The first kappa shape index (κ1) is 21.1. The molecule has 1 saturated heterocycles. The van der Waals surface area contributed by atoms with Crippen LogP contribution in [0.25, 0.3) is 0 Å². The Hall–Kier alpha value is -2.61. The Morgan fingerprint density at radius 2 is 1.93 bits per heavy atom. The minimum Gasteiger partial charge on any atom is -0.456 e. The highest BCUT2D eigenvalue weighted by molar-refractivity contribution is 8.13. The molecular weight excluding hydrogens is 395 g/mol. The minimum atomic E-state index is -0.584. The first-order valence-corrected chi connectivity index (χ1v) is 10.4. The summed E-state index contributed by atoms with van der Waals surface area (Å²) in [6, 6.07) is 8.15. The fourth-order valence-corrected chi connectivity index (χ4v) is 4.14. The van der Waals surface area contributed by atoms with Crippen molar-refractivity contribution >= 4 is 28.8 Å². The second kappa shape index (κ2) is 9.26. The quantitative estimate of drug-likeness (QED) is 0.486. The smallest absolute Gasteiger partial charge is 0.326 e. The van der Waals surface area contributed by atoms with Crippen molar-refractivity contribution < 1.29 is 23.5 Å². The van der Waals surface area contributed by atoms with E-state index in [1.807, 2.05) is 18.4 Å². The van der Waals surface area contributed by atoms with E-state index < -0.39 is 5.97 Å². The van der Waals surface area contributed by atoms with E-state index in [2.05, 4.69) is 0 Å². The third-order valence-corrected chi connectivity index (χ3v) is 5.83. The summed E-state index contributed by atoms with van der Waals surface area (Å²) in [6.07, 6.45) is 0.709. The third kappa shape index (κ3) is 5.26. The molecule has 2 aromatic rings. The van der Waals surface area contributed by atoms with Gasteiger partial charge in [0.1, 0.15) is 12.4 Å². The molecule has 29 heavy (non-hydrogen) atoms. The number of benzene rings is 1. The van der Waals surface area contributed by atoms with Gasteiger partial charge in [-0.1, -0.05) is 23.9 Å². The summed E-state index contributed by atoms with van der Waals surface area (Å²) in [7, 11) is 0. The molecule has 0 saturated carbocycles. The van der Waals surface area contributed by atoms with E-state index in [4.69, 9.17) is 4.74 Å². The van der Waals surface area contributed by atoms with Gasteiger partial charge in [0.15, 0.2) is 6.61 Å². The molecule has 1 fully saturated rings. The van der Waals surface area contributed by atoms with E-state index in [0.29, 0.717) is 30.8 Å². The van der Waals surface area contributed by atoms with Crippen LogP contribution in [0.4, 0.5) is 9.18 Å². The number of amides is 1. The molecule has 0 bridgehead atoms. The first-order valence-electron chi connectivity index (χ1n) is 9.37. The Labute approximate surface area is 173 Å². The number of nitrogens with zero attached hydrogens (tertiary/aromatic N) is 2. The number of rotatable bonds is 8. The van der Waals surface area contributed by atoms with Gasteiger partial charge in [0.25, 0.3) is 5.24 Å². The number of ether oxygens (including phenoxy) is 1. The van der Waals surface area contributed by atoms with Gasteiger partial charge in [-0.15, -0.1) is 0 Å². The molecule has 0 N–H and O–H groups in total. The summed E-state index contributed by atoms with van der Waals surface area (Å²) in [4.78, 5) is 37.4. The van der Waals surface area contributed by atoms with E-state index in [9.17, 15) is 18.8 Å². The number of hydrogen-bond donors (Lipinski definition) is 0. The van der Waals surface area contributed by atoms with Crippen molar-refractivity contribution in [3.05, 3.63) is 58.7 Å². The zero-order valence-electron chi connectivity index (χ0n) is 16.4. The molecule has 0 unspecified atom stereocenters. The van der Waals surface area contributed by atoms with Crippen LogP contribution < -0.4 is 0 Å². The molecule has 2 heterocycles. The van der Waals surface area contributed by atoms with Crippen molar-refractivity contribution in [1.29, 1.82) is 0 Å². The number of hydrogen-bond acceptors (Lipinski definition) is 5. The van der Waals surface area contributed by atoms with Crippen LogP contribution >= 0.6 is 11.8 Å². The predicted octanol–water partition coefficient (Wildman–Crippen LogP) is 3.38. The third-order valence-electron chi connectivity index (χ3n) is 4.94. The molecule has 1 amide bonds. The van der Waals surface area contributed by atoms with Crippen LogP contribution in [0, 0.1) is 19.7 Å². The lowest BCUT2D eigenvalue weighted by Crippen LogP contribution is -2.31. The highest BCUT2D eigenvalue weighted by atomic mass is 32.2. The van der Waals surface area contributed by atoms with E-state index in [1.165, 1.54) is 28.8 Å². The fraction of sp³-hybridized carbons (Fsp3) is 0.381. The van der Waals surface area contributed by atoms with Gasteiger partial charge >= 0.3 is 5.97 Å². The van der Waals surface area contributed by atoms with Crippen molar-refractivity contribution in [3.63, 3.8) is 0 Å². The summed E-state index contributed by atoms with van der Waals surface area (Å²) >= 11 is 1.17. The Kier molecular flexibility index (Phi) is 6.74. The molecule has 6 nitrogen and oxygen atoms in total. The summed E-state index contributed by atoms with van der Waals surface area (Å²) in [5.74, 6) is -0.465. The van der Waals surface area contributed by atoms with Crippen LogP contribution in [0.15, 0.2) is 30.3 Å². The average Bonchev–Trinajstić information content (AvgIpc) is 3.22. The number of ketones is 1. The van der Waals surface area contributed by atoms with Gasteiger partial charge < -0.3 is 14.2 Å². The lowest BCUT2D eigenvalue weighted by molar-refractivity contribution is -0.142. The van der Waals surface area contributed by atoms with E-state index in [0.717, 1.165) is 17.0 Å². The summed E-state index contributed by atoms with van der Waals surface area (Å²) < 4.78 is 20.1. The molecular formula is C21H23FN2O4S. The van der Waals surface area contributed by atoms with Gasteiger partial charge in [0.05, 0.1) is 0 Å². The highest BCUT2D eigenvalue weighted by Gasteiger charge is 2.24. The number of Topliss-reactive ketones (excluding diaryl/α,β-unsaturated/α-hetero) is 1. The molecule has 0 atom stereocenters. The van der Waals surface area contributed by atoms with Gasteiger partial charge in [0, 0.05) is 35.8 Å². The fourth-order valence-electron chi connectivity index (χ4n) is 3.31. The van der Waals surface area contributed by atoms with E-state index in [1.54, 1.807) is 18.2 Å². The lowest BCUT2D eigenvalue weighted by atomic mass is 10.1. The molecule has 1 aromatic carbocycles. The van der Waals surface area contributed by atoms with Crippen LogP contribution in [0.3, 0.4) is 0 Å². The van der Waals surface area contributed by atoms with Crippen molar-refractivity contribution in [3.8, 4) is 0 Å². The largest absolute Gasteiger partial charge is 0.456 e. The molecule has 0 spiro atoms. The molecule has 3 rings (SSSR count). The zero-order valence-corrected chi connectivity index (χ0v) is 17.3. The molecule has 8 heteroatoms.